The number of likely N-dealkylation sites (N-methyl/N-ethyl adjacent to an activating group) is 1. The summed E-state index contributed by atoms with van der Waals surface area (Å²) in [6.45, 7) is 2.32. The molecule has 0 aromatic heterocycles. The molecule has 1 aromatic rings. The van der Waals surface area contributed by atoms with Crippen LogP contribution >= 0.6 is 12.4 Å². The topological polar surface area (TPSA) is 79.5 Å². The monoisotopic (exact) mass is 315 g/mol. The van der Waals surface area contributed by atoms with Crippen molar-refractivity contribution in [2.75, 3.05) is 26.7 Å². The molecule has 1 aromatic carbocycles. The van der Waals surface area contributed by atoms with Crippen LogP contribution in [0.1, 0.15) is 6.92 Å². The summed E-state index contributed by atoms with van der Waals surface area (Å²) >= 11 is 0. The van der Waals surface area contributed by atoms with E-state index in [0.29, 0.717) is 12.3 Å². The van der Waals surface area contributed by atoms with E-state index in [9.17, 15) is 9.59 Å². The quantitative estimate of drug-likeness (QED) is 0.646. The highest BCUT2D eigenvalue weighted by molar-refractivity contribution is 5.85. The van der Waals surface area contributed by atoms with Gasteiger partial charge in [0.1, 0.15) is 5.75 Å². The van der Waals surface area contributed by atoms with Gasteiger partial charge < -0.3 is 20.7 Å². The maximum Gasteiger partial charge on any atom is 0.258 e. The lowest BCUT2D eigenvalue weighted by Gasteiger charge is -2.12. The van der Waals surface area contributed by atoms with Crippen molar-refractivity contribution in [2.45, 2.75) is 13.0 Å². The van der Waals surface area contributed by atoms with Crippen molar-refractivity contribution >= 4 is 24.2 Å². The lowest BCUT2D eigenvalue weighted by Crippen LogP contribution is -2.43. The Morgan fingerprint density at radius 2 is 1.81 bits per heavy atom. The van der Waals surface area contributed by atoms with Gasteiger partial charge in [-0.05, 0) is 26.1 Å². The number of hydrogen-bond donors (Lipinski definition) is 3. The molecule has 0 aliphatic carbocycles. The Hall–Kier alpha value is -1.79. The van der Waals surface area contributed by atoms with E-state index in [4.69, 9.17) is 4.74 Å². The molecule has 7 heteroatoms. The van der Waals surface area contributed by atoms with Gasteiger partial charge in [0.25, 0.3) is 5.91 Å². The van der Waals surface area contributed by atoms with Crippen molar-refractivity contribution in [2.24, 2.45) is 0 Å². The standard InChI is InChI=1S/C14H21N3O3.ClH/c1-11(15-2)8-16-13(18)9-17-14(19)10-20-12-6-4-3-5-7-12;/h3-7,11,15H,8-10H2,1-2H3,(H,16,18)(H,17,19);1H. The molecular weight excluding hydrogens is 294 g/mol. The minimum atomic E-state index is -0.328. The average molecular weight is 316 g/mol. The summed E-state index contributed by atoms with van der Waals surface area (Å²) in [5.74, 6) is 0.0702. The van der Waals surface area contributed by atoms with E-state index >= 15 is 0 Å². The summed E-state index contributed by atoms with van der Waals surface area (Å²) < 4.78 is 5.26. The van der Waals surface area contributed by atoms with Crippen LogP contribution in [0.15, 0.2) is 30.3 Å². The zero-order chi connectivity index (χ0) is 14.8. The van der Waals surface area contributed by atoms with Gasteiger partial charge in [-0.15, -0.1) is 12.4 Å². The predicted octanol–water partition coefficient (Wildman–Crippen LogP) is 0.328. The maximum atomic E-state index is 11.5. The van der Waals surface area contributed by atoms with E-state index in [0.717, 1.165) is 0 Å². The third kappa shape index (κ3) is 8.88. The molecule has 1 atom stereocenters. The Bertz CT molecular complexity index is 429. The van der Waals surface area contributed by atoms with Gasteiger partial charge in [-0.1, -0.05) is 18.2 Å². The number of carbonyl (C=O) groups is 2. The smallest absolute Gasteiger partial charge is 0.258 e. The molecule has 1 rings (SSSR count). The van der Waals surface area contributed by atoms with E-state index in [1.54, 1.807) is 12.1 Å². The Labute approximate surface area is 131 Å². The summed E-state index contributed by atoms with van der Waals surface area (Å²) in [5.41, 5.74) is 0. The van der Waals surface area contributed by atoms with E-state index in [1.807, 2.05) is 32.2 Å². The summed E-state index contributed by atoms with van der Waals surface area (Å²) in [7, 11) is 1.82. The molecule has 1 unspecified atom stereocenters. The first-order chi connectivity index (χ1) is 9.61. The first-order valence-corrected chi connectivity index (χ1v) is 6.50. The number of hydrogen-bond acceptors (Lipinski definition) is 4. The maximum absolute atomic E-state index is 11.5. The highest BCUT2D eigenvalue weighted by Crippen LogP contribution is 2.07. The first kappa shape index (κ1) is 19.2. The van der Waals surface area contributed by atoms with E-state index in [1.165, 1.54) is 0 Å². The number of para-hydroxylation sites is 1. The van der Waals surface area contributed by atoms with E-state index < -0.39 is 0 Å². The molecular formula is C14H22ClN3O3. The Morgan fingerprint density at radius 1 is 1.14 bits per heavy atom. The van der Waals surface area contributed by atoms with Crippen molar-refractivity contribution in [3.63, 3.8) is 0 Å². The Balaban J connectivity index is 0.00000400. The molecule has 0 aliphatic heterocycles. The van der Waals surface area contributed by atoms with Gasteiger partial charge in [0, 0.05) is 12.6 Å². The molecule has 118 valence electrons. The average Bonchev–Trinajstić information content (AvgIpc) is 2.49. The molecule has 0 aliphatic rings. The Kier molecular flexibility index (Phi) is 10.0. The number of halogens is 1. The summed E-state index contributed by atoms with van der Waals surface area (Å²) in [6, 6.07) is 9.23. The normalized spacial score (nSPS) is 11.0. The molecule has 3 N–H and O–H groups in total. The van der Waals surface area contributed by atoms with Gasteiger partial charge >= 0.3 is 0 Å². The summed E-state index contributed by atoms with van der Waals surface area (Å²) in [5, 5.41) is 8.21. The second-order valence-electron chi connectivity index (χ2n) is 4.37. The molecule has 0 heterocycles. The van der Waals surface area contributed by atoms with Gasteiger partial charge in [-0.25, -0.2) is 0 Å². The van der Waals surface area contributed by atoms with Crippen LogP contribution in [0.4, 0.5) is 0 Å². The second-order valence-corrected chi connectivity index (χ2v) is 4.37. The van der Waals surface area contributed by atoms with Crippen LogP contribution in [-0.4, -0.2) is 44.6 Å². The lowest BCUT2D eigenvalue weighted by molar-refractivity contribution is -0.127. The molecule has 21 heavy (non-hydrogen) atoms. The van der Waals surface area contributed by atoms with Crippen LogP contribution in [0.5, 0.6) is 5.75 Å². The highest BCUT2D eigenvalue weighted by Gasteiger charge is 2.07. The zero-order valence-electron chi connectivity index (χ0n) is 12.2. The second kappa shape index (κ2) is 10.9. The Morgan fingerprint density at radius 3 is 2.43 bits per heavy atom. The van der Waals surface area contributed by atoms with Crippen LogP contribution in [0.3, 0.4) is 0 Å². The fourth-order valence-electron chi connectivity index (χ4n) is 1.33. The number of benzene rings is 1. The molecule has 0 fully saturated rings. The van der Waals surface area contributed by atoms with Gasteiger partial charge in [0.05, 0.1) is 6.54 Å². The summed E-state index contributed by atoms with van der Waals surface area (Å²) in [6.07, 6.45) is 0. The fourth-order valence-corrected chi connectivity index (χ4v) is 1.33. The molecule has 0 saturated carbocycles. The minimum Gasteiger partial charge on any atom is -0.484 e. The van der Waals surface area contributed by atoms with Crippen molar-refractivity contribution in [3.8, 4) is 5.75 Å². The van der Waals surface area contributed by atoms with Crippen LogP contribution in [-0.2, 0) is 9.59 Å². The van der Waals surface area contributed by atoms with Crippen LogP contribution in [0, 0.1) is 0 Å². The SMILES string of the molecule is CNC(C)CNC(=O)CNC(=O)COc1ccccc1.Cl. The number of rotatable bonds is 8. The largest absolute Gasteiger partial charge is 0.484 e. The van der Waals surface area contributed by atoms with Crippen LogP contribution in [0.2, 0.25) is 0 Å². The van der Waals surface area contributed by atoms with Gasteiger partial charge in [-0.2, -0.15) is 0 Å². The fraction of sp³-hybridized carbons (Fsp3) is 0.429. The molecule has 0 saturated heterocycles. The van der Waals surface area contributed by atoms with Crippen molar-refractivity contribution < 1.29 is 14.3 Å². The van der Waals surface area contributed by atoms with Gasteiger partial charge in [-0.3, -0.25) is 9.59 Å². The van der Waals surface area contributed by atoms with Gasteiger partial charge in [0.15, 0.2) is 6.61 Å². The van der Waals surface area contributed by atoms with E-state index in [-0.39, 0.29) is 43.4 Å². The van der Waals surface area contributed by atoms with E-state index in [2.05, 4.69) is 16.0 Å². The van der Waals surface area contributed by atoms with Gasteiger partial charge in [0.2, 0.25) is 5.91 Å². The zero-order valence-corrected chi connectivity index (χ0v) is 13.0. The van der Waals surface area contributed by atoms with Crippen LogP contribution in [0.25, 0.3) is 0 Å². The number of nitrogens with one attached hydrogen (secondary N) is 3. The van der Waals surface area contributed by atoms with Crippen LogP contribution < -0.4 is 20.7 Å². The number of amides is 2. The van der Waals surface area contributed by atoms with Crippen molar-refractivity contribution in [3.05, 3.63) is 30.3 Å². The lowest BCUT2D eigenvalue weighted by atomic mass is 10.3. The highest BCUT2D eigenvalue weighted by atomic mass is 35.5. The summed E-state index contributed by atoms with van der Waals surface area (Å²) in [4.78, 5) is 22.9. The molecule has 0 bridgehead atoms. The third-order valence-corrected chi connectivity index (χ3v) is 2.66. The number of ether oxygens (including phenoxy) is 1. The minimum absolute atomic E-state index is 0. The van der Waals surface area contributed by atoms with Crippen molar-refractivity contribution in [1.82, 2.24) is 16.0 Å². The first-order valence-electron chi connectivity index (χ1n) is 6.50. The van der Waals surface area contributed by atoms with Crippen molar-refractivity contribution in [1.29, 1.82) is 0 Å². The third-order valence-electron chi connectivity index (χ3n) is 2.66. The molecule has 0 radical (unpaired) electrons. The number of carbonyl (C=O) groups excluding carboxylic acids is 2. The molecule has 6 nitrogen and oxygen atoms in total. The molecule has 0 spiro atoms. The predicted molar refractivity (Wildman–Crippen MR) is 83.7 cm³/mol. The molecule has 2 amide bonds.